The molecule has 21 heavy (non-hydrogen) atoms. The average molecular weight is 337 g/mol. The van der Waals surface area contributed by atoms with E-state index in [0.29, 0.717) is 0 Å². The molecule has 0 spiro atoms. The lowest BCUT2D eigenvalue weighted by Crippen LogP contribution is -2.45. The summed E-state index contributed by atoms with van der Waals surface area (Å²) in [6, 6.07) is 4.74. The molecule has 1 heterocycles. The number of phenols is 1. The van der Waals surface area contributed by atoms with Crippen LogP contribution < -0.4 is 5.32 Å². The number of rotatable bonds is 4. The van der Waals surface area contributed by atoms with E-state index in [-0.39, 0.29) is 42.4 Å². The van der Waals surface area contributed by atoms with Crippen LogP contribution in [0.1, 0.15) is 30.9 Å². The van der Waals surface area contributed by atoms with E-state index in [4.69, 9.17) is 0 Å². The third-order valence-electron chi connectivity index (χ3n) is 4.19. The topological polar surface area (TPSA) is 35.5 Å². The van der Waals surface area contributed by atoms with Gasteiger partial charge in [0.1, 0.15) is 11.6 Å². The Kier molecular flexibility index (Phi) is 7.21. The van der Waals surface area contributed by atoms with Crippen molar-refractivity contribution in [2.24, 2.45) is 5.92 Å². The summed E-state index contributed by atoms with van der Waals surface area (Å²) in [5.74, 6) is 0.490. The number of halogens is 3. The van der Waals surface area contributed by atoms with Crippen LogP contribution in [0.15, 0.2) is 18.2 Å². The van der Waals surface area contributed by atoms with E-state index in [2.05, 4.69) is 10.2 Å². The van der Waals surface area contributed by atoms with Crippen molar-refractivity contribution in [1.82, 2.24) is 10.2 Å². The van der Waals surface area contributed by atoms with Crippen molar-refractivity contribution in [1.29, 1.82) is 0 Å². The van der Waals surface area contributed by atoms with E-state index in [1.807, 2.05) is 0 Å². The van der Waals surface area contributed by atoms with Crippen molar-refractivity contribution in [3.05, 3.63) is 29.6 Å². The Bertz CT molecular complexity index is 451. The fourth-order valence-electron chi connectivity index (χ4n) is 2.92. The molecule has 1 aliphatic carbocycles. The smallest absolute Gasteiger partial charge is 0.131 e. The van der Waals surface area contributed by atoms with Crippen molar-refractivity contribution in [2.75, 3.05) is 26.2 Å². The predicted molar refractivity (Wildman–Crippen MR) is 87.1 cm³/mol. The van der Waals surface area contributed by atoms with Gasteiger partial charge in [-0.3, -0.25) is 4.90 Å². The average Bonchev–Trinajstić information content (AvgIpc) is 3.22. The number of aromatic hydroxyl groups is 1. The molecule has 3 rings (SSSR count). The highest BCUT2D eigenvalue weighted by molar-refractivity contribution is 5.85. The van der Waals surface area contributed by atoms with Crippen LogP contribution in [-0.2, 0) is 0 Å². The van der Waals surface area contributed by atoms with Crippen LogP contribution in [-0.4, -0.2) is 36.2 Å². The molecule has 1 aromatic rings. The summed E-state index contributed by atoms with van der Waals surface area (Å²) in [6.07, 6.45) is 3.60. The summed E-state index contributed by atoms with van der Waals surface area (Å²) in [6.45, 7) is 3.89. The lowest BCUT2D eigenvalue weighted by molar-refractivity contribution is 0.157. The van der Waals surface area contributed by atoms with Gasteiger partial charge in [-0.2, -0.15) is 0 Å². The minimum Gasteiger partial charge on any atom is -0.508 e. The summed E-state index contributed by atoms with van der Waals surface area (Å²) >= 11 is 0. The molecule has 1 aliphatic heterocycles. The second-order valence-corrected chi connectivity index (χ2v) is 5.69. The number of hydrogen-bond donors (Lipinski definition) is 2. The van der Waals surface area contributed by atoms with E-state index >= 15 is 0 Å². The molecule has 1 saturated heterocycles. The van der Waals surface area contributed by atoms with Gasteiger partial charge in [-0.05, 0) is 18.4 Å². The minimum absolute atomic E-state index is 0. The van der Waals surface area contributed by atoms with E-state index in [1.165, 1.54) is 18.9 Å². The zero-order valence-electron chi connectivity index (χ0n) is 11.9. The molecule has 2 N–H and O–H groups in total. The van der Waals surface area contributed by atoms with Crippen molar-refractivity contribution >= 4 is 24.8 Å². The molecule has 2 aliphatic rings. The van der Waals surface area contributed by atoms with Gasteiger partial charge in [-0.15, -0.1) is 24.8 Å². The molecule has 6 heteroatoms. The van der Waals surface area contributed by atoms with E-state index in [1.54, 1.807) is 12.1 Å². The molecule has 120 valence electrons. The van der Waals surface area contributed by atoms with Gasteiger partial charge in [-0.25, -0.2) is 4.39 Å². The van der Waals surface area contributed by atoms with Gasteiger partial charge < -0.3 is 10.4 Å². The zero-order chi connectivity index (χ0) is 13.2. The molecule has 0 radical (unpaired) electrons. The Balaban J connectivity index is 0.00000110. The maximum Gasteiger partial charge on any atom is 0.131 e. The van der Waals surface area contributed by atoms with Gasteiger partial charge >= 0.3 is 0 Å². The molecule has 2 fully saturated rings. The van der Waals surface area contributed by atoms with Crippen molar-refractivity contribution in [2.45, 2.75) is 25.3 Å². The van der Waals surface area contributed by atoms with Gasteiger partial charge in [0.15, 0.2) is 0 Å². The largest absolute Gasteiger partial charge is 0.508 e. The number of phenolic OH excluding ortho intramolecular Hbond substituents is 1. The first-order valence-electron chi connectivity index (χ1n) is 7.17. The quantitative estimate of drug-likeness (QED) is 0.886. The van der Waals surface area contributed by atoms with Crippen molar-refractivity contribution < 1.29 is 9.50 Å². The molecular formula is C15H23Cl2FN2O. The first kappa shape index (κ1) is 18.5. The van der Waals surface area contributed by atoms with Crippen LogP contribution in [0.5, 0.6) is 5.75 Å². The highest BCUT2D eigenvalue weighted by Crippen LogP contribution is 2.41. The van der Waals surface area contributed by atoms with Gasteiger partial charge in [-0.1, -0.05) is 18.9 Å². The Morgan fingerprint density at radius 2 is 1.90 bits per heavy atom. The normalized spacial score (nSPS) is 20.2. The number of hydrogen-bond acceptors (Lipinski definition) is 3. The van der Waals surface area contributed by atoms with Gasteiger partial charge in [0, 0.05) is 43.9 Å². The van der Waals surface area contributed by atoms with E-state index in [9.17, 15) is 9.50 Å². The van der Waals surface area contributed by atoms with Crippen LogP contribution >= 0.6 is 24.8 Å². The Morgan fingerprint density at radius 3 is 2.48 bits per heavy atom. The Labute approximate surface area is 137 Å². The number of benzene rings is 1. The third kappa shape index (κ3) is 4.71. The van der Waals surface area contributed by atoms with Gasteiger partial charge in [0.2, 0.25) is 0 Å². The highest BCUT2D eigenvalue weighted by Gasteiger charge is 2.31. The molecule has 1 atom stereocenters. The first-order chi connectivity index (χ1) is 9.24. The Morgan fingerprint density at radius 1 is 1.24 bits per heavy atom. The molecule has 0 unspecified atom stereocenters. The lowest BCUT2D eigenvalue weighted by atomic mass is 9.98. The second-order valence-electron chi connectivity index (χ2n) is 5.69. The maximum atomic E-state index is 14.1. The minimum atomic E-state index is -0.274. The summed E-state index contributed by atoms with van der Waals surface area (Å²) in [7, 11) is 0. The van der Waals surface area contributed by atoms with E-state index < -0.39 is 0 Å². The number of nitrogens with zero attached hydrogens (tertiary/aromatic N) is 1. The van der Waals surface area contributed by atoms with Crippen molar-refractivity contribution in [3.63, 3.8) is 0 Å². The summed E-state index contributed by atoms with van der Waals surface area (Å²) < 4.78 is 14.1. The molecule has 0 bridgehead atoms. The number of nitrogens with one attached hydrogen (secondary N) is 1. The highest BCUT2D eigenvalue weighted by atomic mass is 35.5. The van der Waals surface area contributed by atoms with Crippen LogP contribution in [0.25, 0.3) is 0 Å². The molecule has 0 aromatic heterocycles. The molecule has 1 saturated carbocycles. The Hall–Kier alpha value is -0.550. The molecule has 0 amide bonds. The standard InChI is InChI=1S/C15H21FN2O.2ClH/c16-14-10-12(19)3-4-13(14)15(9-11-1-2-11)18-7-5-17-6-8-18;;/h3-4,10-11,15,17,19H,1-2,5-9H2;2*1H/t15-;;/m1../s1. The second kappa shape index (κ2) is 8.18. The van der Waals surface area contributed by atoms with Gasteiger partial charge in [0.05, 0.1) is 0 Å². The zero-order valence-corrected chi connectivity index (χ0v) is 13.6. The van der Waals surface area contributed by atoms with Crippen LogP contribution in [0, 0.1) is 11.7 Å². The summed E-state index contributed by atoms with van der Waals surface area (Å²) in [5.41, 5.74) is 0.742. The number of piperazine rings is 1. The molecule has 3 nitrogen and oxygen atoms in total. The van der Waals surface area contributed by atoms with Gasteiger partial charge in [0.25, 0.3) is 0 Å². The summed E-state index contributed by atoms with van der Waals surface area (Å²) in [5, 5.41) is 12.7. The first-order valence-corrected chi connectivity index (χ1v) is 7.17. The SMILES string of the molecule is Cl.Cl.Oc1ccc([C@@H](CC2CC2)N2CCNCC2)c(F)c1. The summed E-state index contributed by atoms with van der Waals surface area (Å²) in [4.78, 5) is 2.38. The van der Waals surface area contributed by atoms with E-state index in [0.717, 1.165) is 44.1 Å². The molecule has 1 aromatic carbocycles. The fourth-order valence-corrected chi connectivity index (χ4v) is 2.92. The monoisotopic (exact) mass is 336 g/mol. The van der Waals surface area contributed by atoms with Crippen LogP contribution in [0.3, 0.4) is 0 Å². The van der Waals surface area contributed by atoms with Crippen LogP contribution in [0.2, 0.25) is 0 Å². The fraction of sp³-hybridized carbons (Fsp3) is 0.600. The molecular weight excluding hydrogens is 314 g/mol. The lowest BCUT2D eigenvalue weighted by Gasteiger charge is -2.35. The third-order valence-corrected chi connectivity index (χ3v) is 4.19. The van der Waals surface area contributed by atoms with Crippen molar-refractivity contribution in [3.8, 4) is 5.75 Å². The van der Waals surface area contributed by atoms with Crippen LogP contribution in [0.4, 0.5) is 4.39 Å². The predicted octanol–water partition coefficient (Wildman–Crippen LogP) is 3.12. The maximum absolute atomic E-state index is 14.1.